The molecule has 2 N–H and O–H groups in total. The normalized spacial score (nSPS) is 18.1. The van der Waals surface area contributed by atoms with Crippen molar-refractivity contribution in [2.24, 2.45) is 5.92 Å². The van der Waals surface area contributed by atoms with Crippen LogP contribution in [0.4, 0.5) is 0 Å². The second-order valence-electron chi connectivity index (χ2n) is 5.89. The van der Waals surface area contributed by atoms with Gasteiger partial charge in [-0.2, -0.15) is 0 Å². The van der Waals surface area contributed by atoms with E-state index in [1.165, 1.54) is 11.8 Å². The second-order valence-corrected chi connectivity index (χ2v) is 6.89. The molecule has 0 spiro atoms. The number of amides is 3. The van der Waals surface area contributed by atoms with Crippen LogP contribution in [0.2, 0.25) is 0 Å². The molecule has 3 amide bonds. The van der Waals surface area contributed by atoms with Gasteiger partial charge in [-0.25, -0.2) is 0 Å². The zero-order valence-corrected chi connectivity index (χ0v) is 15.0. The summed E-state index contributed by atoms with van der Waals surface area (Å²) in [6.45, 7) is 5.64. The van der Waals surface area contributed by atoms with Gasteiger partial charge < -0.3 is 4.90 Å². The maximum Gasteiger partial charge on any atom is 0.269 e. The highest BCUT2D eigenvalue weighted by Gasteiger charge is 2.36. The van der Waals surface area contributed by atoms with Crippen LogP contribution in [0.1, 0.15) is 36.2 Å². The standard InChI is InChI=1S/C17H23N3O3S/c1-4-11(2)17(23)20-10-24-9-14(20)16(22)19-18-15(21)13-8-6-5-7-12(13)3/h5-8,11,14H,4,9-10H2,1-3H3,(H,18,21)(H,19,22)/t11-,14+/m1/s1. The quantitative estimate of drug-likeness (QED) is 0.811. The highest BCUT2D eigenvalue weighted by Crippen LogP contribution is 2.23. The number of nitrogens with zero attached hydrogens (tertiary/aromatic N) is 1. The molecule has 1 aliphatic rings. The fourth-order valence-corrected chi connectivity index (χ4v) is 3.60. The van der Waals surface area contributed by atoms with E-state index in [0.29, 0.717) is 17.2 Å². The van der Waals surface area contributed by atoms with Gasteiger partial charge in [0.25, 0.3) is 11.8 Å². The maximum atomic E-state index is 12.4. The number of rotatable bonds is 4. The molecule has 0 bridgehead atoms. The lowest BCUT2D eigenvalue weighted by Crippen LogP contribution is -2.53. The molecule has 2 atom stereocenters. The van der Waals surface area contributed by atoms with E-state index in [1.54, 1.807) is 17.0 Å². The Bertz CT molecular complexity index is 635. The lowest BCUT2D eigenvalue weighted by Gasteiger charge is -2.25. The number of benzene rings is 1. The van der Waals surface area contributed by atoms with E-state index in [9.17, 15) is 14.4 Å². The van der Waals surface area contributed by atoms with Crippen LogP contribution in [0.3, 0.4) is 0 Å². The summed E-state index contributed by atoms with van der Waals surface area (Å²) in [6, 6.07) is 6.59. The van der Waals surface area contributed by atoms with E-state index in [0.717, 1.165) is 12.0 Å². The van der Waals surface area contributed by atoms with Crippen molar-refractivity contribution < 1.29 is 14.4 Å². The first kappa shape index (κ1) is 18.3. The van der Waals surface area contributed by atoms with Crippen LogP contribution in [0, 0.1) is 12.8 Å². The molecule has 130 valence electrons. The van der Waals surface area contributed by atoms with E-state index in [4.69, 9.17) is 0 Å². The number of hydrogen-bond acceptors (Lipinski definition) is 4. The third-order valence-corrected chi connectivity index (χ3v) is 5.20. The molecule has 24 heavy (non-hydrogen) atoms. The van der Waals surface area contributed by atoms with Crippen LogP contribution in [0.15, 0.2) is 24.3 Å². The highest BCUT2D eigenvalue weighted by molar-refractivity contribution is 7.99. The number of thioether (sulfide) groups is 1. The number of hydrazine groups is 1. The Morgan fingerprint density at radius 3 is 2.67 bits per heavy atom. The summed E-state index contributed by atoms with van der Waals surface area (Å²) < 4.78 is 0. The smallest absolute Gasteiger partial charge is 0.269 e. The van der Waals surface area contributed by atoms with Gasteiger partial charge in [0.2, 0.25) is 5.91 Å². The number of aryl methyl sites for hydroxylation is 1. The molecule has 1 aromatic rings. The lowest BCUT2D eigenvalue weighted by molar-refractivity contribution is -0.141. The maximum absolute atomic E-state index is 12.4. The van der Waals surface area contributed by atoms with Gasteiger partial charge in [-0.05, 0) is 25.0 Å². The number of carbonyl (C=O) groups is 3. The molecule has 6 nitrogen and oxygen atoms in total. The van der Waals surface area contributed by atoms with Crippen molar-refractivity contribution in [3.63, 3.8) is 0 Å². The highest BCUT2D eigenvalue weighted by atomic mass is 32.2. The molecule has 1 heterocycles. The van der Waals surface area contributed by atoms with E-state index < -0.39 is 6.04 Å². The fraction of sp³-hybridized carbons (Fsp3) is 0.471. The zero-order chi connectivity index (χ0) is 17.7. The van der Waals surface area contributed by atoms with Crippen LogP contribution in [0.5, 0.6) is 0 Å². The Kier molecular flexibility index (Phi) is 6.25. The van der Waals surface area contributed by atoms with Crippen molar-refractivity contribution >= 4 is 29.5 Å². The summed E-state index contributed by atoms with van der Waals surface area (Å²) >= 11 is 1.54. The minimum atomic E-state index is -0.548. The van der Waals surface area contributed by atoms with Crippen LogP contribution in [0.25, 0.3) is 0 Å². The topological polar surface area (TPSA) is 78.5 Å². The van der Waals surface area contributed by atoms with E-state index >= 15 is 0 Å². The average Bonchev–Trinajstić information content (AvgIpc) is 3.08. The first-order chi connectivity index (χ1) is 11.5. The molecule has 1 aliphatic heterocycles. The van der Waals surface area contributed by atoms with Crippen LogP contribution < -0.4 is 10.9 Å². The van der Waals surface area contributed by atoms with E-state index in [2.05, 4.69) is 10.9 Å². The Hall–Kier alpha value is -2.02. The summed E-state index contributed by atoms with van der Waals surface area (Å²) in [5, 5.41) is 0. The molecule has 0 saturated carbocycles. The number of carbonyl (C=O) groups excluding carboxylic acids is 3. The predicted molar refractivity (Wildman–Crippen MR) is 94.2 cm³/mol. The first-order valence-corrected chi connectivity index (χ1v) is 9.15. The predicted octanol–water partition coefficient (Wildman–Crippen LogP) is 1.70. The van der Waals surface area contributed by atoms with Gasteiger partial charge in [-0.15, -0.1) is 11.8 Å². The summed E-state index contributed by atoms with van der Waals surface area (Å²) in [5.41, 5.74) is 6.21. The van der Waals surface area contributed by atoms with Crippen molar-refractivity contribution in [2.75, 3.05) is 11.6 Å². The molecule has 0 aromatic heterocycles. The third kappa shape index (κ3) is 4.08. The lowest BCUT2D eigenvalue weighted by atomic mass is 10.1. The summed E-state index contributed by atoms with van der Waals surface area (Å²) in [4.78, 5) is 38.4. The molecule has 2 rings (SSSR count). The molecular formula is C17H23N3O3S. The largest absolute Gasteiger partial charge is 0.320 e. The van der Waals surface area contributed by atoms with Crippen LogP contribution >= 0.6 is 11.8 Å². The van der Waals surface area contributed by atoms with Crippen molar-refractivity contribution in [1.82, 2.24) is 15.8 Å². The zero-order valence-electron chi connectivity index (χ0n) is 14.2. The van der Waals surface area contributed by atoms with Gasteiger partial charge in [0.15, 0.2) is 0 Å². The van der Waals surface area contributed by atoms with Gasteiger partial charge in [0, 0.05) is 17.2 Å². The molecule has 0 unspecified atom stereocenters. The Morgan fingerprint density at radius 1 is 1.29 bits per heavy atom. The van der Waals surface area contributed by atoms with Crippen molar-refractivity contribution in [1.29, 1.82) is 0 Å². The van der Waals surface area contributed by atoms with Gasteiger partial charge in [0.05, 0.1) is 5.88 Å². The Morgan fingerprint density at radius 2 is 2.00 bits per heavy atom. The molecule has 0 radical (unpaired) electrons. The minimum Gasteiger partial charge on any atom is -0.320 e. The number of hydrogen-bond donors (Lipinski definition) is 2. The fourth-order valence-electron chi connectivity index (χ4n) is 2.43. The molecule has 1 saturated heterocycles. The molecular weight excluding hydrogens is 326 g/mol. The Labute approximate surface area is 146 Å². The van der Waals surface area contributed by atoms with Crippen molar-refractivity contribution in [3.05, 3.63) is 35.4 Å². The third-order valence-electron chi connectivity index (χ3n) is 4.19. The monoisotopic (exact) mass is 349 g/mol. The average molecular weight is 349 g/mol. The number of nitrogens with one attached hydrogen (secondary N) is 2. The van der Waals surface area contributed by atoms with Gasteiger partial charge in [0.1, 0.15) is 6.04 Å². The van der Waals surface area contributed by atoms with Crippen molar-refractivity contribution in [3.8, 4) is 0 Å². The van der Waals surface area contributed by atoms with Gasteiger partial charge >= 0.3 is 0 Å². The first-order valence-electron chi connectivity index (χ1n) is 7.99. The molecule has 1 fully saturated rings. The summed E-state index contributed by atoms with van der Waals surface area (Å²) in [5.74, 6) is 0.181. The van der Waals surface area contributed by atoms with Crippen LogP contribution in [-0.2, 0) is 9.59 Å². The Balaban J connectivity index is 1.95. The summed E-state index contributed by atoms with van der Waals surface area (Å²) in [6.07, 6.45) is 0.734. The molecule has 1 aromatic carbocycles. The summed E-state index contributed by atoms with van der Waals surface area (Å²) in [7, 11) is 0. The van der Waals surface area contributed by atoms with E-state index in [-0.39, 0.29) is 23.6 Å². The minimum absolute atomic E-state index is 0.0205. The molecule has 7 heteroatoms. The SMILES string of the molecule is CC[C@@H](C)C(=O)N1CSC[C@H]1C(=O)NNC(=O)c1ccccc1C. The molecule has 0 aliphatic carbocycles. The van der Waals surface area contributed by atoms with Gasteiger partial charge in [-0.1, -0.05) is 32.0 Å². The van der Waals surface area contributed by atoms with E-state index in [1.807, 2.05) is 32.9 Å². The van der Waals surface area contributed by atoms with Crippen LogP contribution in [-0.4, -0.2) is 40.3 Å². The second kappa shape index (κ2) is 8.19. The van der Waals surface area contributed by atoms with Crippen molar-refractivity contribution in [2.45, 2.75) is 33.2 Å². The van der Waals surface area contributed by atoms with Gasteiger partial charge in [-0.3, -0.25) is 25.2 Å².